The predicted octanol–water partition coefficient (Wildman–Crippen LogP) is 3.69. The molecule has 0 saturated carbocycles. The van der Waals surface area contributed by atoms with Crippen molar-refractivity contribution >= 4 is 27.5 Å². The minimum Gasteiger partial charge on any atom is -0.309 e. The van der Waals surface area contributed by atoms with Gasteiger partial charge in [0.05, 0.1) is 32.6 Å². The quantitative estimate of drug-likeness (QED) is 0.842. The van der Waals surface area contributed by atoms with Gasteiger partial charge in [0.2, 0.25) is 0 Å². The van der Waals surface area contributed by atoms with E-state index in [0.29, 0.717) is 5.02 Å². The fourth-order valence-electron chi connectivity index (χ4n) is 2.40. The number of nitrogens with zero attached hydrogens (tertiary/aromatic N) is 3. The highest BCUT2D eigenvalue weighted by Gasteiger charge is 2.21. The van der Waals surface area contributed by atoms with E-state index < -0.39 is 0 Å². The van der Waals surface area contributed by atoms with Crippen LogP contribution in [0, 0.1) is 0 Å². The van der Waals surface area contributed by atoms with Crippen LogP contribution in [0.5, 0.6) is 0 Å². The summed E-state index contributed by atoms with van der Waals surface area (Å²) in [4.78, 5) is 4.44. The van der Waals surface area contributed by atoms with E-state index >= 15 is 0 Å². The summed E-state index contributed by atoms with van der Waals surface area (Å²) in [6.07, 6.45) is 3.47. The molecule has 1 unspecified atom stereocenters. The van der Waals surface area contributed by atoms with E-state index in [2.05, 4.69) is 45.2 Å². The first-order chi connectivity index (χ1) is 10.1. The molecule has 4 nitrogen and oxygen atoms in total. The first-order valence-electron chi connectivity index (χ1n) is 7.12. The highest BCUT2D eigenvalue weighted by Crippen LogP contribution is 2.28. The third-order valence-electron chi connectivity index (χ3n) is 3.47. The highest BCUT2D eigenvalue weighted by atomic mass is 79.9. The predicted molar refractivity (Wildman–Crippen MR) is 89.7 cm³/mol. The van der Waals surface area contributed by atoms with E-state index in [0.717, 1.165) is 40.9 Å². The average molecular weight is 372 g/mol. The zero-order chi connectivity index (χ0) is 15.4. The van der Waals surface area contributed by atoms with Crippen LogP contribution in [-0.2, 0) is 19.9 Å². The van der Waals surface area contributed by atoms with Crippen molar-refractivity contribution in [3.05, 3.63) is 44.9 Å². The molecular formula is C15H20BrClN4. The largest absolute Gasteiger partial charge is 0.309 e. The van der Waals surface area contributed by atoms with Gasteiger partial charge in [-0.3, -0.25) is 9.67 Å². The maximum Gasteiger partial charge on any atom is 0.0766 e. The van der Waals surface area contributed by atoms with Gasteiger partial charge < -0.3 is 5.32 Å². The van der Waals surface area contributed by atoms with Gasteiger partial charge in [0.25, 0.3) is 0 Å². The molecule has 1 N–H and O–H groups in total. The molecule has 0 saturated heterocycles. The van der Waals surface area contributed by atoms with Gasteiger partial charge in [-0.15, -0.1) is 0 Å². The van der Waals surface area contributed by atoms with E-state index in [-0.39, 0.29) is 6.04 Å². The number of aryl methyl sites for hydroxylation is 2. The lowest BCUT2D eigenvalue weighted by molar-refractivity contribution is 0.517. The minimum atomic E-state index is 0.0695. The number of rotatable bonds is 6. The average Bonchev–Trinajstić information content (AvgIpc) is 2.74. The second-order valence-electron chi connectivity index (χ2n) is 4.87. The molecule has 0 aliphatic carbocycles. The Morgan fingerprint density at radius 2 is 2.19 bits per heavy atom. The van der Waals surface area contributed by atoms with Gasteiger partial charge >= 0.3 is 0 Å². The first-order valence-corrected chi connectivity index (χ1v) is 8.29. The molecule has 0 radical (unpaired) electrons. The van der Waals surface area contributed by atoms with Crippen molar-refractivity contribution in [1.82, 2.24) is 20.1 Å². The Kier molecular flexibility index (Phi) is 5.79. The molecule has 2 rings (SSSR count). The first kappa shape index (κ1) is 16.5. The number of nitrogens with one attached hydrogen (secondary N) is 1. The Hall–Kier alpha value is -0.910. The molecule has 21 heavy (non-hydrogen) atoms. The third-order valence-corrected chi connectivity index (χ3v) is 4.70. The summed E-state index contributed by atoms with van der Waals surface area (Å²) in [6.45, 7) is 5.04. The van der Waals surface area contributed by atoms with Gasteiger partial charge in [-0.2, -0.15) is 5.10 Å². The maximum atomic E-state index is 6.30. The molecule has 114 valence electrons. The number of likely N-dealkylation sites (N-methyl/N-ethyl adjacent to an activating group) is 1. The Bertz CT molecular complexity index is 612. The van der Waals surface area contributed by atoms with E-state index in [1.54, 1.807) is 6.20 Å². The normalized spacial score (nSPS) is 12.6. The van der Waals surface area contributed by atoms with Gasteiger partial charge in [0.1, 0.15) is 0 Å². The van der Waals surface area contributed by atoms with Gasteiger partial charge in [-0.05, 0) is 41.0 Å². The molecule has 0 amide bonds. The second kappa shape index (κ2) is 7.38. The van der Waals surface area contributed by atoms with Crippen molar-refractivity contribution in [3.8, 4) is 0 Å². The lowest BCUT2D eigenvalue weighted by atomic mass is 10.1. The van der Waals surface area contributed by atoms with Gasteiger partial charge in [0.15, 0.2) is 0 Å². The van der Waals surface area contributed by atoms with Crippen LogP contribution in [0.3, 0.4) is 0 Å². The van der Waals surface area contributed by atoms with E-state index in [1.165, 1.54) is 0 Å². The Morgan fingerprint density at radius 3 is 2.76 bits per heavy atom. The monoisotopic (exact) mass is 370 g/mol. The summed E-state index contributed by atoms with van der Waals surface area (Å²) in [5.74, 6) is 0. The second-order valence-corrected chi connectivity index (χ2v) is 6.07. The summed E-state index contributed by atoms with van der Waals surface area (Å²) >= 11 is 9.96. The molecule has 0 aliphatic heterocycles. The number of aromatic nitrogens is 3. The fourth-order valence-corrected chi connectivity index (χ4v) is 3.43. The van der Waals surface area contributed by atoms with Gasteiger partial charge in [-0.25, -0.2) is 0 Å². The zero-order valence-electron chi connectivity index (χ0n) is 12.5. The molecular weight excluding hydrogens is 352 g/mol. The smallest absolute Gasteiger partial charge is 0.0766 e. The molecule has 0 aliphatic rings. The summed E-state index contributed by atoms with van der Waals surface area (Å²) < 4.78 is 3.02. The van der Waals surface area contributed by atoms with Crippen molar-refractivity contribution in [3.63, 3.8) is 0 Å². The van der Waals surface area contributed by atoms with Gasteiger partial charge in [0, 0.05) is 19.7 Å². The third kappa shape index (κ3) is 3.65. The van der Waals surface area contributed by atoms with Crippen molar-refractivity contribution in [2.45, 2.75) is 32.7 Å². The molecule has 0 aromatic carbocycles. The molecule has 0 bridgehead atoms. The van der Waals surface area contributed by atoms with Crippen LogP contribution in [0.1, 0.15) is 37.0 Å². The molecule has 0 spiro atoms. The van der Waals surface area contributed by atoms with Crippen LogP contribution in [0.25, 0.3) is 0 Å². The Labute approximate surface area is 139 Å². The van der Waals surface area contributed by atoms with Crippen molar-refractivity contribution in [2.24, 2.45) is 7.05 Å². The van der Waals surface area contributed by atoms with Gasteiger partial charge in [-0.1, -0.05) is 25.4 Å². The van der Waals surface area contributed by atoms with Crippen LogP contribution in [-0.4, -0.2) is 21.3 Å². The Morgan fingerprint density at radius 1 is 1.43 bits per heavy atom. The van der Waals surface area contributed by atoms with E-state index in [9.17, 15) is 0 Å². The van der Waals surface area contributed by atoms with Crippen LogP contribution < -0.4 is 5.32 Å². The minimum absolute atomic E-state index is 0.0695. The molecule has 0 fully saturated rings. The zero-order valence-corrected chi connectivity index (χ0v) is 14.9. The van der Waals surface area contributed by atoms with Crippen LogP contribution in [0.2, 0.25) is 5.02 Å². The van der Waals surface area contributed by atoms with Crippen molar-refractivity contribution in [2.75, 3.05) is 6.54 Å². The molecule has 2 aromatic heterocycles. The maximum absolute atomic E-state index is 6.30. The topological polar surface area (TPSA) is 42.7 Å². The lowest BCUT2D eigenvalue weighted by Gasteiger charge is -2.18. The number of hydrogen-bond donors (Lipinski definition) is 1. The summed E-state index contributed by atoms with van der Waals surface area (Å²) in [7, 11) is 1.97. The molecule has 2 aromatic rings. The van der Waals surface area contributed by atoms with E-state index in [1.807, 2.05) is 23.9 Å². The summed E-state index contributed by atoms with van der Waals surface area (Å²) in [5.41, 5.74) is 3.11. The molecule has 6 heteroatoms. The van der Waals surface area contributed by atoms with Crippen LogP contribution >= 0.6 is 27.5 Å². The standard InChI is InChI=1S/C15H20BrClN4/c1-4-11-14(16)13(21(3)20-11)9-12(18-5-2)15-10(17)7-6-8-19-15/h6-8,12,18H,4-5,9H2,1-3H3. The van der Waals surface area contributed by atoms with Crippen molar-refractivity contribution in [1.29, 1.82) is 0 Å². The van der Waals surface area contributed by atoms with Crippen LogP contribution in [0.4, 0.5) is 0 Å². The molecule has 2 heterocycles. The van der Waals surface area contributed by atoms with Crippen LogP contribution in [0.15, 0.2) is 22.8 Å². The Balaban J connectivity index is 2.33. The number of pyridine rings is 1. The molecule has 1 atom stereocenters. The number of hydrogen-bond acceptors (Lipinski definition) is 3. The highest BCUT2D eigenvalue weighted by molar-refractivity contribution is 9.10. The van der Waals surface area contributed by atoms with Crippen molar-refractivity contribution < 1.29 is 0 Å². The SMILES string of the molecule is CCNC(Cc1c(Br)c(CC)nn1C)c1ncccc1Cl. The summed E-state index contributed by atoms with van der Waals surface area (Å²) in [6, 6.07) is 3.80. The van der Waals surface area contributed by atoms with E-state index in [4.69, 9.17) is 11.6 Å². The number of halogens is 2. The fraction of sp³-hybridized carbons (Fsp3) is 0.467. The summed E-state index contributed by atoms with van der Waals surface area (Å²) in [5, 5.41) is 8.70. The lowest BCUT2D eigenvalue weighted by Crippen LogP contribution is -2.25.